The first-order valence-electron chi connectivity index (χ1n) is 6.09. The van der Waals surface area contributed by atoms with Crippen molar-refractivity contribution in [1.82, 2.24) is 0 Å². The third-order valence-electron chi connectivity index (χ3n) is 3.23. The van der Waals surface area contributed by atoms with Crippen LogP contribution in [0.25, 0.3) is 0 Å². The van der Waals surface area contributed by atoms with Crippen molar-refractivity contribution < 1.29 is 9.90 Å². The van der Waals surface area contributed by atoms with E-state index >= 15 is 0 Å². The third kappa shape index (κ3) is 4.74. The van der Waals surface area contributed by atoms with Crippen LogP contribution in [0.15, 0.2) is 0 Å². The lowest BCUT2D eigenvalue weighted by molar-refractivity contribution is -0.138. The molecule has 0 aromatic carbocycles. The molecule has 1 fully saturated rings. The maximum Gasteiger partial charge on any atom is 0.320 e. The van der Waals surface area contributed by atoms with E-state index in [0.717, 1.165) is 17.6 Å². The summed E-state index contributed by atoms with van der Waals surface area (Å²) in [5.74, 6) is 1.62. The van der Waals surface area contributed by atoms with Gasteiger partial charge in [-0.15, -0.1) is 0 Å². The predicted octanol–water partition coefficient (Wildman–Crippen LogP) is 2.35. The lowest BCUT2D eigenvalue weighted by Gasteiger charge is -2.31. The molecule has 3 unspecified atom stereocenters. The van der Waals surface area contributed by atoms with Crippen molar-refractivity contribution in [3.63, 3.8) is 0 Å². The molecule has 0 aromatic rings. The molecule has 3 N–H and O–H groups in total. The average Bonchev–Trinajstić information content (AvgIpc) is 2.15. The molecule has 3 nitrogen and oxygen atoms in total. The van der Waals surface area contributed by atoms with Crippen molar-refractivity contribution in [2.75, 3.05) is 5.75 Å². The van der Waals surface area contributed by atoms with Gasteiger partial charge < -0.3 is 10.8 Å². The molecule has 4 heteroatoms. The summed E-state index contributed by atoms with van der Waals surface area (Å²) in [7, 11) is 0. The Kier molecular flexibility index (Phi) is 5.62. The van der Waals surface area contributed by atoms with Gasteiger partial charge in [0, 0.05) is 5.25 Å². The molecule has 1 rings (SSSR count). The van der Waals surface area contributed by atoms with Crippen molar-refractivity contribution in [3.05, 3.63) is 0 Å². The zero-order valence-corrected chi connectivity index (χ0v) is 11.0. The number of hydrogen-bond donors (Lipinski definition) is 2. The van der Waals surface area contributed by atoms with E-state index < -0.39 is 12.0 Å². The maximum absolute atomic E-state index is 10.6. The van der Waals surface area contributed by atoms with Crippen molar-refractivity contribution in [3.8, 4) is 0 Å². The average molecular weight is 245 g/mol. The zero-order chi connectivity index (χ0) is 12.1. The van der Waals surface area contributed by atoms with Crippen LogP contribution in [0.5, 0.6) is 0 Å². The maximum atomic E-state index is 10.6. The molecular weight excluding hydrogens is 222 g/mol. The Hall–Kier alpha value is -0.220. The lowest BCUT2D eigenvalue weighted by Crippen LogP contribution is -2.31. The Labute approximate surface area is 102 Å². The molecule has 0 saturated heterocycles. The Morgan fingerprint density at radius 1 is 1.38 bits per heavy atom. The summed E-state index contributed by atoms with van der Waals surface area (Å²) in [4.78, 5) is 10.6. The van der Waals surface area contributed by atoms with Crippen molar-refractivity contribution in [2.24, 2.45) is 17.6 Å². The highest BCUT2D eigenvalue weighted by atomic mass is 32.2. The molecule has 0 aliphatic heterocycles. The standard InChI is InChI=1S/C12H23NO2S/c1-8-5-9(2)7-10(6-8)16-4-3-11(13)12(14)15/h8-11H,3-7,13H2,1-2H3,(H,14,15). The van der Waals surface area contributed by atoms with E-state index in [4.69, 9.17) is 10.8 Å². The van der Waals surface area contributed by atoms with Crippen LogP contribution < -0.4 is 5.73 Å². The van der Waals surface area contributed by atoms with Crippen molar-refractivity contribution in [1.29, 1.82) is 0 Å². The van der Waals surface area contributed by atoms with Crippen molar-refractivity contribution in [2.45, 2.75) is 50.8 Å². The van der Waals surface area contributed by atoms with E-state index in [-0.39, 0.29) is 0 Å². The van der Waals surface area contributed by atoms with Crippen LogP contribution in [0, 0.1) is 11.8 Å². The first-order valence-corrected chi connectivity index (χ1v) is 7.14. The van der Waals surface area contributed by atoms with Gasteiger partial charge in [0.1, 0.15) is 6.04 Å². The van der Waals surface area contributed by atoms with Gasteiger partial charge in [-0.1, -0.05) is 13.8 Å². The normalized spacial score (nSPS) is 32.3. The van der Waals surface area contributed by atoms with Gasteiger partial charge in [0.05, 0.1) is 0 Å². The fraction of sp³-hybridized carbons (Fsp3) is 0.917. The molecule has 0 heterocycles. The fourth-order valence-electron chi connectivity index (χ4n) is 2.49. The Morgan fingerprint density at radius 3 is 2.44 bits per heavy atom. The van der Waals surface area contributed by atoms with Gasteiger partial charge >= 0.3 is 5.97 Å². The SMILES string of the molecule is CC1CC(C)CC(SCCC(N)C(=O)O)C1. The Morgan fingerprint density at radius 2 is 1.94 bits per heavy atom. The third-order valence-corrected chi connectivity index (χ3v) is 4.56. The number of carboxylic acids is 1. The predicted molar refractivity (Wildman–Crippen MR) is 68.7 cm³/mol. The summed E-state index contributed by atoms with van der Waals surface area (Å²) in [6, 6.07) is -0.689. The summed E-state index contributed by atoms with van der Waals surface area (Å²) in [6.45, 7) is 4.62. The van der Waals surface area contributed by atoms with Crippen LogP contribution in [-0.4, -0.2) is 28.1 Å². The first-order chi connectivity index (χ1) is 7.49. The first kappa shape index (κ1) is 13.8. The van der Waals surface area contributed by atoms with Gasteiger partial charge in [0.15, 0.2) is 0 Å². The second-order valence-corrected chi connectivity index (χ2v) is 6.55. The summed E-state index contributed by atoms with van der Waals surface area (Å²) >= 11 is 1.91. The topological polar surface area (TPSA) is 63.3 Å². The van der Waals surface area contributed by atoms with Crippen LogP contribution >= 0.6 is 11.8 Å². The minimum atomic E-state index is -0.883. The Bertz CT molecular complexity index is 225. The molecule has 3 atom stereocenters. The monoisotopic (exact) mass is 245 g/mol. The van der Waals surface area contributed by atoms with Gasteiger partial charge in [-0.05, 0) is 43.3 Å². The highest BCUT2D eigenvalue weighted by Crippen LogP contribution is 2.35. The summed E-state index contributed by atoms with van der Waals surface area (Å²) in [5, 5.41) is 9.38. The molecule has 1 aliphatic rings. The van der Waals surface area contributed by atoms with Crippen LogP contribution in [0.2, 0.25) is 0 Å². The van der Waals surface area contributed by atoms with E-state index in [1.165, 1.54) is 19.3 Å². The highest BCUT2D eigenvalue weighted by molar-refractivity contribution is 7.99. The number of nitrogens with two attached hydrogens (primary N) is 1. The molecule has 1 aliphatic carbocycles. The minimum Gasteiger partial charge on any atom is -0.480 e. The summed E-state index contributed by atoms with van der Waals surface area (Å²) in [6.07, 6.45) is 4.47. The van der Waals surface area contributed by atoms with E-state index in [2.05, 4.69) is 13.8 Å². The van der Waals surface area contributed by atoms with E-state index in [0.29, 0.717) is 11.7 Å². The number of hydrogen-bond acceptors (Lipinski definition) is 3. The molecule has 94 valence electrons. The molecule has 0 spiro atoms. The molecule has 0 amide bonds. The van der Waals surface area contributed by atoms with Crippen LogP contribution in [0.4, 0.5) is 0 Å². The van der Waals surface area contributed by atoms with Crippen LogP contribution in [0.3, 0.4) is 0 Å². The van der Waals surface area contributed by atoms with E-state index in [1.54, 1.807) is 0 Å². The van der Waals surface area contributed by atoms with Crippen LogP contribution in [0.1, 0.15) is 39.5 Å². The molecule has 1 saturated carbocycles. The second-order valence-electron chi connectivity index (χ2n) is 5.14. The van der Waals surface area contributed by atoms with Gasteiger partial charge in [0.25, 0.3) is 0 Å². The van der Waals surface area contributed by atoms with Gasteiger partial charge in [-0.3, -0.25) is 4.79 Å². The number of thioether (sulfide) groups is 1. The number of aliphatic carboxylic acids is 1. The number of rotatable bonds is 5. The number of carbonyl (C=O) groups is 1. The van der Waals surface area contributed by atoms with E-state index in [9.17, 15) is 4.79 Å². The highest BCUT2D eigenvalue weighted by Gasteiger charge is 2.24. The smallest absolute Gasteiger partial charge is 0.320 e. The molecule has 0 radical (unpaired) electrons. The largest absolute Gasteiger partial charge is 0.480 e. The molecule has 0 aromatic heterocycles. The zero-order valence-electron chi connectivity index (χ0n) is 10.2. The number of carboxylic acid groups (broad SMARTS) is 1. The molecule has 16 heavy (non-hydrogen) atoms. The van der Waals surface area contributed by atoms with Gasteiger partial charge in [-0.25, -0.2) is 0 Å². The fourth-order valence-corrected chi connectivity index (χ4v) is 4.15. The van der Waals surface area contributed by atoms with Gasteiger partial charge in [-0.2, -0.15) is 11.8 Å². The second kappa shape index (κ2) is 6.50. The quantitative estimate of drug-likeness (QED) is 0.780. The summed E-state index contributed by atoms with van der Waals surface area (Å²) in [5.41, 5.74) is 5.47. The van der Waals surface area contributed by atoms with Gasteiger partial charge in [0.2, 0.25) is 0 Å². The van der Waals surface area contributed by atoms with Crippen molar-refractivity contribution >= 4 is 17.7 Å². The summed E-state index contributed by atoms with van der Waals surface area (Å²) < 4.78 is 0. The molecular formula is C12H23NO2S. The van der Waals surface area contributed by atoms with E-state index in [1.807, 2.05) is 11.8 Å². The van der Waals surface area contributed by atoms with Crippen LogP contribution in [-0.2, 0) is 4.79 Å². The molecule has 0 bridgehead atoms. The minimum absolute atomic E-state index is 0.583. The Balaban J connectivity index is 2.19. The lowest BCUT2D eigenvalue weighted by atomic mass is 9.83.